The molecule has 0 spiro atoms. The van der Waals surface area contributed by atoms with Gasteiger partial charge in [-0.25, -0.2) is 4.39 Å². The lowest BCUT2D eigenvalue weighted by atomic mass is 10.2. The third-order valence-corrected chi connectivity index (χ3v) is 4.27. The van der Waals surface area contributed by atoms with Crippen molar-refractivity contribution >= 4 is 5.69 Å². The van der Waals surface area contributed by atoms with Crippen LogP contribution in [0.2, 0.25) is 0 Å². The highest BCUT2D eigenvalue weighted by molar-refractivity contribution is 5.55. The molecule has 0 saturated heterocycles. The fraction of sp³-hybridized carbons (Fsp3) is 0.222. The van der Waals surface area contributed by atoms with Gasteiger partial charge in [0.1, 0.15) is 12.4 Å². The quantitative estimate of drug-likeness (QED) is 0.541. The van der Waals surface area contributed by atoms with Crippen molar-refractivity contribution in [2.75, 3.05) is 7.05 Å². The van der Waals surface area contributed by atoms with Crippen LogP contribution in [-0.4, -0.2) is 22.2 Å². The average molecular weight is 357 g/mol. The molecule has 1 unspecified atom stereocenters. The molecule has 3 aromatic rings. The molecule has 0 amide bonds. The molecule has 0 aliphatic rings. The number of halogens is 1. The minimum atomic E-state index is -0.459. The van der Waals surface area contributed by atoms with Crippen LogP contribution in [0.25, 0.3) is 11.5 Å². The molecule has 26 heavy (non-hydrogen) atoms. The van der Waals surface area contributed by atoms with Crippen LogP contribution < -0.4 is 4.90 Å². The second kappa shape index (κ2) is 7.40. The Morgan fingerprint density at radius 3 is 2.42 bits per heavy atom. The molecule has 1 N–H and O–H groups in total. The van der Waals surface area contributed by atoms with Crippen LogP contribution in [0.15, 0.2) is 52.9 Å². The van der Waals surface area contributed by atoms with Crippen molar-refractivity contribution in [1.82, 2.24) is 10.2 Å². The molecular weight excluding hydrogens is 339 g/mol. The van der Waals surface area contributed by atoms with Crippen LogP contribution in [0, 0.1) is 15.9 Å². The summed E-state index contributed by atoms with van der Waals surface area (Å²) >= 11 is 0. The van der Waals surface area contributed by atoms with Crippen LogP contribution in [0.5, 0.6) is 0 Å². The maximum absolute atomic E-state index is 13.0. The normalized spacial score (nSPS) is 13.3. The van der Waals surface area contributed by atoms with Crippen molar-refractivity contribution < 1.29 is 18.6 Å². The van der Waals surface area contributed by atoms with Gasteiger partial charge in [0, 0.05) is 23.3 Å². The Labute approximate surface area is 149 Å². The van der Waals surface area contributed by atoms with Crippen molar-refractivity contribution in [3.63, 3.8) is 0 Å². The Balaban J connectivity index is 1.71. The molecule has 0 saturated carbocycles. The molecule has 0 bridgehead atoms. The maximum Gasteiger partial charge on any atom is 0.274 e. The van der Waals surface area contributed by atoms with Gasteiger partial charge < -0.3 is 9.32 Å². The van der Waals surface area contributed by atoms with Crippen LogP contribution in [-0.2, 0) is 6.54 Å². The number of nitro groups is 1. The van der Waals surface area contributed by atoms with Crippen molar-refractivity contribution in [2.45, 2.75) is 19.5 Å². The molecule has 7 nitrogen and oxygen atoms in total. The second-order valence-electron chi connectivity index (χ2n) is 6.12. The van der Waals surface area contributed by atoms with Gasteiger partial charge in [0.25, 0.3) is 11.6 Å². The second-order valence-corrected chi connectivity index (χ2v) is 6.12. The van der Waals surface area contributed by atoms with E-state index in [1.165, 1.54) is 24.3 Å². The molecule has 2 atom stereocenters. The van der Waals surface area contributed by atoms with Crippen LogP contribution in [0.1, 0.15) is 24.4 Å². The Morgan fingerprint density at radius 1 is 1.15 bits per heavy atom. The van der Waals surface area contributed by atoms with Gasteiger partial charge in [0.15, 0.2) is 6.04 Å². The standard InChI is InChI=1S/C18H17FN4O3/c1-12(22(2)11-13-3-7-15(19)8-4-13)17-20-21-18(26-17)14-5-9-16(10-6-14)23(24)25/h3-10,12H,11H2,1-2H3/p+1/t12-/m0/s1. The summed E-state index contributed by atoms with van der Waals surface area (Å²) in [5.41, 5.74) is 1.63. The zero-order valence-corrected chi connectivity index (χ0v) is 14.3. The van der Waals surface area contributed by atoms with Gasteiger partial charge in [0.05, 0.1) is 12.0 Å². The number of hydrogen-bond donors (Lipinski definition) is 1. The van der Waals surface area contributed by atoms with E-state index < -0.39 is 4.92 Å². The third-order valence-electron chi connectivity index (χ3n) is 4.27. The van der Waals surface area contributed by atoms with Gasteiger partial charge in [-0.2, -0.15) is 0 Å². The molecule has 134 valence electrons. The molecule has 0 aliphatic heterocycles. The van der Waals surface area contributed by atoms with Crippen LogP contribution in [0.4, 0.5) is 10.1 Å². The van der Waals surface area contributed by atoms with Gasteiger partial charge in [-0.3, -0.25) is 10.1 Å². The van der Waals surface area contributed by atoms with Crippen LogP contribution >= 0.6 is 0 Å². The van der Waals surface area contributed by atoms with E-state index in [4.69, 9.17) is 4.42 Å². The number of nitrogens with one attached hydrogen (secondary N) is 1. The summed E-state index contributed by atoms with van der Waals surface area (Å²) < 4.78 is 18.7. The third kappa shape index (κ3) is 3.92. The number of nitrogens with zero attached hydrogens (tertiary/aromatic N) is 3. The van der Waals surface area contributed by atoms with E-state index in [1.54, 1.807) is 24.3 Å². The highest BCUT2D eigenvalue weighted by atomic mass is 19.1. The van der Waals surface area contributed by atoms with Crippen molar-refractivity contribution in [3.05, 3.63) is 75.9 Å². The van der Waals surface area contributed by atoms with E-state index in [-0.39, 0.29) is 17.5 Å². The predicted octanol–water partition coefficient (Wildman–Crippen LogP) is 2.56. The van der Waals surface area contributed by atoms with Gasteiger partial charge in [-0.05, 0) is 31.2 Å². The summed E-state index contributed by atoms with van der Waals surface area (Å²) in [5.74, 6) is 0.526. The fourth-order valence-corrected chi connectivity index (χ4v) is 2.54. The molecule has 0 fully saturated rings. The van der Waals surface area contributed by atoms with E-state index in [0.717, 1.165) is 10.5 Å². The summed E-state index contributed by atoms with van der Waals surface area (Å²) in [6.07, 6.45) is 0. The number of aromatic nitrogens is 2. The fourth-order valence-electron chi connectivity index (χ4n) is 2.54. The minimum absolute atomic E-state index is 0.00494. The summed E-state index contributed by atoms with van der Waals surface area (Å²) in [6.45, 7) is 2.64. The average Bonchev–Trinajstić information content (AvgIpc) is 3.13. The highest BCUT2D eigenvalue weighted by Crippen LogP contribution is 2.22. The molecule has 1 aromatic heterocycles. The molecule has 3 rings (SSSR count). The Hall–Kier alpha value is -3.13. The zero-order chi connectivity index (χ0) is 18.7. The number of hydrogen-bond acceptors (Lipinski definition) is 5. The lowest BCUT2D eigenvalue weighted by Gasteiger charge is -2.18. The monoisotopic (exact) mass is 357 g/mol. The minimum Gasteiger partial charge on any atom is -0.415 e. The number of quaternary nitrogens is 1. The molecule has 1 heterocycles. The molecule has 0 aliphatic carbocycles. The van der Waals surface area contributed by atoms with Gasteiger partial charge in [-0.1, -0.05) is 12.1 Å². The summed E-state index contributed by atoms with van der Waals surface area (Å²) in [6, 6.07) is 12.3. The lowest BCUT2D eigenvalue weighted by molar-refractivity contribution is -0.925. The number of rotatable bonds is 6. The van der Waals surface area contributed by atoms with Gasteiger partial charge >= 0.3 is 0 Å². The molecule has 8 heteroatoms. The van der Waals surface area contributed by atoms with Crippen molar-refractivity contribution in [3.8, 4) is 11.5 Å². The zero-order valence-electron chi connectivity index (χ0n) is 14.3. The van der Waals surface area contributed by atoms with E-state index in [9.17, 15) is 14.5 Å². The predicted molar refractivity (Wildman–Crippen MR) is 91.8 cm³/mol. The first-order valence-electron chi connectivity index (χ1n) is 8.09. The number of benzene rings is 2. The van der Waals surface area contributed by atoms with E-state index >= 15 is 0 Å². The first-order chi connectivity index (χ1) is 12.4. The topological polar surface area (TPSA) is 86.5 Å². The summed E-state index contributed by atoms with van der Waals surface area (Å²) in [4.78, 5) is 11.4. The first kappa shape index (κ1) is 17.7. The summed E-state index contributed by atoms with van der Waals surface area (Å²) in [5, 5.41) is 18.8. The first-order valence-corrected chi connectivity index (χ1v) is 8.09. The van der Waals surface area contributed by atoms with E-state index in [1.807, 2.05) is 14.0 Å². The highest BCUT2D eigenvalue weighted by Gasteiger charge is 2.23. The largest absolute Gasteiger partial charge is 0.415 e. The SMILES string of the molecule is C[C@@H](c1nnc(-c2ccc([N+](=O)[O-])cc2)o1)[NH+](C)Cc1ccc(F)cc1. The van der Waals surface area contributed by atoms with Gasteiger partial charge in [-0.15, -0.1) is 10.2 Å². The van der Waals surface area contributed by atoms with Crippen LogP contribution in [0.3, 0.4) is 0 Å². The number of non-ortho nitro benzene ring substituents is 1. The smallest absolute Gasteiger partial charge is 0.274 e. The Bertz CT molecular complexity index is 894. The molecule has 0 radical (unpaired) electrons. The van der Waals surface area contributed by atoms with Crippen molar-refractivity contribution in [2.24, 2.45) is 0 Å². The van der Waals surface area contributed by atoms with Crippen molar-refractivity contribution in [1.29, 1.82) is 0 Å². The number of nitro benzene ring substituents is 1. The molecule has 2 aromatic carbocycles. The lowest BCUT2D eigenvalue weighted by Crippen LogP contribution is -3.07. The maximum atomic E-state index is 13.0. The van der Waals surface area contributed by atoms with E-state index in [0.29, 0.717) is 23.9 Å². The Kier molecular flexibility index (Phi) is 5.04. The van der Waals surface area contributed by atoms with Gasteiger partial charge in [0.2, 0.25) is 5.89 Å². The molecular formula is C18H18FN4O3+. The Morgan fingerprint density at radius 2 is 1.81 bits per heavy atom. The summed E-state index contributed by atoms with van der Waals surface area (Å²) in [7, 11) is 1.99. The van der Waals surface area contributed by atoms with E-state index in [2.05, 4.69) is 10.2 Å².